The van der Waals surface area contributed by atoms with E-state index >= 15 is 0 Å². The quantitative estimate of drug-likeness (QED) is 0.825. The molecule has 0 saturated heterocycles. The summed E-state index contributed by atoms with van der Waals surface area (Å²) in [4.78, 5) is 11.8. The first kappa shape index (κ1) is 12.1. The second kappa shape index (κ2) is 5.29. The summed E-state index contributed by atoms with van der Waals surface area (Å²) < 4.78 is 5.30. The number of ether oxygens (including phenoxy) is 1. The van der Waals surface area contributed by atoms with Crippen LogP contribution in [-0.4, -0.2) is 23.7 Å². The Morgan fingerprint density at radius 2 is 2.24 bits per heavy atom. The van der Waals surface area contributed by atoms with Crippen molar-refractivity contribution in [2.24, 2.45) is 0 Å². The van der Waals surface area contributed by atoms with Crippen molar-refractivity contribution in [2.75, 3.05) is 6.54 Å². The van der Waals surface area contributed by atoms with Gasteiger partial charge in [0.2, 0.25) is 0 Å². The van der Waals surface area contributed by atoms with Gasteiger partial charge < -0.3 is 15.2 Å². The van der Waals surface area contributed by atoms with E-state index < -0.39 is 0 Å². The van der Waals surface area contributed by atoms with Gasteiger partial charge in [-0.1, -0.05) is 6.07 Å². The summed E-state index contributed by atoms with van der Waals surface area (Å²) in [7, 11) is 0. The van der Waals surface area contributed by atoms with E-state index in [0.717, 1.165) is 11.1 Å². The second-order valence-corrected chi connectivity index (χ2v) is 4.37. The second-order valence-electron chi connectivity index (χ2n) is 4.37. The van der Waals surface area contributed by atoms with Crippen molar-refractivity contribution in [1.29, 1.82) is 0 Å². The number of aliphatic hydroxyl groups is 1. The summed E-state index contributed by atoms with van der Waals surface area (Å²) in [5.41, 5.74) is 2.90. The first-order valence-electron chi connectivity index (χ1n) is 5.82. The van der Waals surface area contributed by atoms with Crippen LogP contribution < -0.4 is 5.32 Å². The molecule has 1 heterocycles. The Balaban J connectivity index is 1.95. The average Bonchev–Trinajstić information content (AvgIpc) is 2.75. The van der Waals surface area contributed by atoms with Gasteiger partial charge in [0.15, 0.2) is 0 Å². The van der Waals surface area contributed by atoms with E-state index in [1.165, 1.54) is 0 Å². The number of rotatable bonds is 4. The van der Waals surface area contributed by atoms with Crippen molar-refractivity contribution < 1.29 is 14.6 Å². The van der Waals surface area contributed by atoms with E-state index in [9.17, 15) is 4.79 Å². The molecule has 0 aromatic heterocycles. The molecule has 0 fully saturated rings. The third-order valence-electron chi connectivity index (χ3n) is 2.83. The minimum Gasteiger partial charge on any atom is -0.393 e. The Kier molecular flexibility index (Phi) is 3.76. The van der Waals surface area contributed by atoms with Crippen LogP contribution in [0.15, 0.2) is 18.2 Å². The summed E-state index contributed by atoms with van der Waals surface area (Å²) in [6.45, 7) is 3.42. The molecule has 0 bridgehead atoms. The number of hydrogen-bond donors (Lipinski definition) is 2. The first-order valence-corrected chi connectivity index (χ1v) is 5.82. The molecule has 0 radical (unpaired) electrons. The van der Waals surface area contributed by atoms with Crippen molar-refractivity contribution in [3.05, 3.63) is 34.9 Å². The molecule has 92 valence electrons. The molecule has 1 aromatic carbocycles. The molecule has 0 aliphatic carbocycles. The number of aliphatic hydroxyl groups excluding tert-OH is 1. The zero-order valence-electron chi connectivity index (χ0n) is 9.90. The smallest absolute Gasteiger partial charge is 0.251 e. The van der Waals surface area contributed by atoms with Crippen molar-refractivity contribution in [2.45, 2.75) is 32.7 Å². The standard InChI is InChI=1S/C13H17NO3/c1-9(15)4-5-14-13(16)10-2-3-11-7-17-8-12(11)6-10/h2-3,6,9,15H,4-5,7-8H2,1H3,(H,14,16). The van der Waals surface area contributed by atoms with Gasteiger partial charge in [0.25, 0.3) is 5.91 Å². The van der Waals surface area contributed by atoms with E-state index in [2.05, 4.69) is 5.32 Å². The molecule has 1 aliphatic rings. The highest BCUT2D eigenvalue weighted by Crippen LogP contribution is 2.20. The molecular formula is C13H17NO3. The van der Waals surface area contributed by atoms with Crippen LogP contribution in [0.1, 0.15) is 34.8 Å². The van der Waals surface area contributed by atoms with Crippen LogP contribution in [-0.2, 0) is 18.0 Å². The minimum atomic E-state index is -0.385. The maximum atomic E-state index is 11.8. The summed E-state index contributed by atoms with van der Waals surface area (Å²) in [5, 5.41) is 11.9. The van der Waals surface area contributed by atoms with E-state index in [-0.39, 0.29) is 12.0 Å². The molecule has 4 heteroatoms. The lowest BCUT2D eigenvalue weighted by atomic mass is 10.1. The van der Waals surface area contributed by atoms with Gasteiger partial charge in [-0.05, 0) is 36.6 Å². The number of fused-ring (bicyclic) bond motifs is 1. The first-order chi connectivity index (χ1) is 8.16. The van der Waals surface area contributed by atoms with Gasteiger partial charge in [-0.3, -0.25) is 4.79 Å². The number of carbonyl (C=O) groups excluding carboxylic acids is 1. The SMILES string of the molecule is CC(O)CCNC(=O)c1ccc2c(c1)COC2. The minimum absolute atomic E-state index is 0.0969. The van der Waals surface area contributed by atoms with Gasteiger partial charge in [-0.2, -0.15) is 0 Å². The summed E-state index contributed by atoms with van der Waals surface area (Å²) >= 11 is 0. The Morgan fingerprint density at radius 3 is 3.00 bits per heavy atom. The Labute approximate surface area is 101 Å². The molecule has 1 aromatic rings. The van der Waals surface area contributed by atoms with Crippen LogP contribution in [0.4, 0.5) is 0 Å². The van der Waals surface area contributed by atoms with Crippen molar-refractivity contribution in [3.8, 4) is 0 Å². The molecule has 0 spiro atoms. The predicted molar refractivity (Wildman–Crippen MR) is 63.6 cm³/mol. The van der Waals surface area contributed by atoms with E-state index in [1.807, 2.05) is 18.2 Å². The average molecular weight is 235 g/mol. The molecule has 0 saturated carbocycles. The lowest BCUT2D eigenvalue weighted by Crippen LogP contribution is -2.26. The van der Waals surface area contributed by atoms with E-state index in [4.69, 9.17) is 9.84 Å². The predicted octanol–water partition coefficient (Wildman–Crippen LogP) is 1.22. The Morgan fingerprint density at radius 1 is 1.47 bits per heavy atom. The molecular weight excluding hydrogens is 218 g/mol. The molecule has 1 aliphatic heterocycles. The molecule has 1 amide bonds. The highest BCUT2D eigenvalue weighted by atomic mass is 16.5. The Bertz CT molecular complexity index is 415. The third kappa shape index (κ3) is 3.05. The van der Waals surface area contributed by atoms with Crippen LogP contribution in [0.25, 0.3) is 0 Å². The van der Waals surface area contributed by atoms with Gasteiger partial charge in [0.1, 0.15) is 0 Å². The fourth-order valence-electron chi connectivity index (χ4n) is 1.81. The Hall–Kier alpha value is -1.39. The fraction of sp³-hybridized carbons (Fsp3) is 0.462. The summed E-state index contributed by atoms with van der Waals surface area (Å²) in [5.74, 6) is -0.0969. The topological polar surface area (TPSA) is 58.6 Å². The molecule has 4 nitrogen and oxygen atoms in total. The maximum absolute atomic E-state index is 11.8. The molecule has 2 N–H and O–H groups in total. The van der Waals surface area contributed by atoms with Gasteiger partial charge >= 0.3 is 0 Å². The highest BCUT2D eigenvalue weighted by Gasteiger charge is 2.14. The van der Waals surface area contributed by atoms with Gasteiger partial charge in [-0.15, -0.1) is 0 Å². The van der Waals surface area contributed by atoms with Crippen LogP contribution >= 0.6 is 0 Å². The molecule has 1 unspecified atom stereocenters. The van der Waals surface area contributed by atoms with Crippen molar-refractivity contribution >= 4 is 5.91 Å². The summed E-state index contributed by atoms with van der Waals surface area (Å²) in [6, 6.07) is 5.62. The molecule has 2 rings (SSSR count). The van der Waals surface area contributed by atoms with Crippen LogP contribution in [0.2, 0.25) is 0 Å². The highest BCUT2D eigenvalue weighted by molar-refractivity contribution is 5.94. The maximum Gasteiger partial charge on any atom is 0.251 e. The number of carbonyl (C=O) groups is 1. The number of nitrogens with one attached hydrogen (secondary N) is 1. The lowest BCUT2D eigenvalue weighted by Gasteiger charge is -2.07. The van der Waals surface area contributed by atoms with Gasteiger partial charge in [0, 0.05) is 12.1 Å². The zero-order chi connectivity index (χ0) is 12.3. The van der Waals surface area contributed by atoms with E-state index in [1.54, 1.807) is 6.92 Å². The van der Waals surface area contributed by atoms with Crippen molar-refractivity contribution in [3.63, 3.8) is 0 Å². The number of amides is 1. The number of benzene rings is 1. The normalized spacial score (nSPS) is 15.4. The zero-order valence-corrected chi connectivity index (χ0v) is 9.90. The van der Waals surface area contributed by atoms with E-state index in [0.29, 0.717) is 31.7 Å². The van der Waals surface area contributed by atoms with Crippen LogP contribution in [0.3, 0.4) is 0 Å². The molecule has 1 atom stereocenters. The van der Waals surface area contributed by atoms with Gasteiger partial charge in [0.05, 0.1) is 19.3 Å². The summed E-state index contributed by atoms with van der Waals surface area (Å²) in [6.07, 6.45) is 0.184. The van der Waals surface area contributed by atoms with Gasteiger partial charge in [-0.25, -0.2) is 0 Å². The van der Waals surface area contributed by atoms with Crippen LogP contribution in [0, 0.1) is 0 Å². The largest absolute Gasteiger partial charge is 0.393 e. The van der Waals surface area contributed by atoms with Crippen LogP contribution in [0.5, 0.6) is 0 Å². The third-order valence-corrected chi connectivity index (χ3v) is 2.83. The lowest BCUT2D eigenvalue weighted by molar-refractivity contribution is 0.0945. The molecule has 17 heavy (non-hydrogen) atoms. The fourth-order valence-corrected chi connectivity index (χ4v) is 1.81. The number of hydrogen-bond acceptors (Lipinski definition) is 3. The van der Waals surface area contributed by atoms with Crippen molar-refractivity contribution in [1.82, 2.24) is 5.32 Å². The monoisotopic (exact) mass is 235 g/mol.